The molecule has 2 heterocycles. The quantitative estimate of drug-likeness (QED) is 0.700. The first kappa shape index (κ1) is 14.7. The van der Waals surface area contributed by atoms with Gasteiger partial charge in [0.25, 0.3) is 0 Å². The van der Waals surface area contributed by atoms with Crippen molar-refractivity contribution in [1.82, 2.24) is 10.2 Å². The summed E-state index contributed by atoms with van der Waals surface area (Å²) in [5, 5.41) is 2.36. The zero-order valence-corrected chi connectivity index (χ0v) is 12.0. The third kappa shape index (κ3) is 4.15. The number of amides is 1. The summed E-state index contributed by atoms with van der Waals surface area (Å²) in [6, 6.07) is 0.253. The molecule has 110 valence electrons. The largest absolute Gasteiger partial charge is 0.354 e. The zero-order chi connectivity index (χ0) is 13.9. The summed E-state index contributed by atoms with van der Waals surface area (Å²) < 4.78 is 23.2. The summed E-state index contributed by atoms with van der Waals surface area (Å²) in [4.78, 5) is 13.9. The number of hydrogen-bond donors (Lipinski definition) is 2. The fourth-order valence-electron chi connectivity index (χ4n) is 2.69. The van der Waals surface area contributed by atoms with Gasteiger partial charge in [-0.05, 0) is 25.7 Å². The van der Waals surface area contributed by atoms with E-state index in [1.807, 2.05) is 0 Å². The van der Waals surface area contributed by atoms with Crippen LogP contribution in [-0.2, 0) is 14.6 Å². The average Bonchev–Trinajstić information content (AvgIpc) is 2.69. The Bertz CT molecular complexity index is 416. The number of rotatable bonds is 4. The highest BCUT2D eigenvalue weighted by molar-refractivity contribution is 7.92. The van der Waals surface area contributed by atoms with E-state index in [-0.39, 0.29) is 29.5 Å². The second kappa shape index (κ2) is 6.19. The Balaban J connectivity index is 1.70. The van der Waals surface area contributed by atoms with Crippen molar-refractivity contribution in [1.29, 1.82) is 0 Å². The highest BCUT2D eigenvalue weighted by Crippen LogP contribution is 2.19. The molecule has 0 aromatic rings. The van der Waals surface area contributed by atoms with Crippen LogP contribution in [0.4, 0.5) is 0 Å². The molecule has 2 aliphatic heterocycles. The van der Waals surface area contributed by atoms with E-state index >= 15 is 0 Å². The monoisotopic (exact) mass is 289 g/mol. The number of piperidine rings is 1. The topological polar surface area (TPSA) is 92.5 Å². The second-order valence-corrected chi connectivity index (χ2v) is 7.95. The highest BCUT2D eigenvalue weighted by Gasteiger charge is 2.31. The number of carbonyl (C=O) groups excluding carboxylic acids is 1. The Morgan fingerprint density at radius 1 is 1.26 bits per heavy atom. The number of nitrogens with zero attached hydrogens (tertiary/aromatic N) is 1. The third-order valence-electron chi connectivity index (χ3n) is 3.99. The molecule has 1 amide bonds. The van der Waals surface area contributed by atoms with Gasteiger partial charge in [-0.1, -0.05) is 0 Å². The molecular weight excluding hydrogens is 266 g/mol. The first-order valence-electron chi connectivity index (χ1n) is 6.93. The van der Waals surface area contributed by atoms with E-state index in [2.05, 4.69) is 10.2 Å². The van der Waals surface area contributed by atoms with Crippen molar-refractivity contribution >= 4 is 15.7 Å². The molecule has 19 heavy (non-hydrogen) atoms. The van der Waals surface area contributed by atoms with Crippen molar-refractivity contribution in [2.24, 2.45) is 5.73 Å². The predicted molar refractivity (Wildman–Crippen MR) is 73.5 cm³/mol. The summed E-state index contributed by atoms with van der Waals surface area (Å²) in [6.07, 6.45) is 3.22. The van der Waals surface area contributed by atoms with Crippen LogP contribution in [0.2, 0.25) is 0 Å². The highest BCUT2D eigenvalue weighted by atomic mass is 32.2. The summed E-state index contributed by atoms with van der Waals surface area (Å²) in [5.41, 5.74) is 5.81. The number of nitrogens with one attached hydrogen (secondary N) is 1. The molecule has 0 spiro atoms. The molecule has 6 nitrogen and oxygen atoms in total. The van der Waals surface area contributed by atoms with Crippen LogP contribution >= 0.6 is 0 Å². The third-order valence-corrected chi connectivity index (χ3v) is 6.26. The Hall–Kier alpha value is -0.660. The van der Waals surface area contributed by atoms with E-state index in [0.29, 0.717) is 19.4 Å². The molecule has 2 rings (SSSR count). The molecule has 0 aliphatic carbocycles. The average molecular weight is 289 g/mol. The molecule has 0 saturated carbocycles. The maximum absolute atomic E-state index is 11.8. The first-order chi connectivity index (χ1) is 8.97. The lowest BCUT2D eigenvalue weighted by Gasteiger charge is -2.29. The van der Waals surface area contributed by atoms with Gasteiger partial charge in [-0.3, -0.25) is 9.69 Å². The van der Waals surface area contributed by atoms with Crippen LogP contribution in [0.3, 0.4) is 0 Å². The molecule has 7 heteroatoms. The molecule has 3 N–H and O–H groups in total. The van der Waals surface area contributed by atoms with Crippen molar-refractivity contribution in [3.05, 3.63) is 0 Å². The predicted octanol–water partition coefficient (Wildman–Crippen LogP) is -0.897. The summed E-state index contributed by atoms with van der Waals surface area (Å²) in [6.45, 7) is 2.29. The van der Waals surface area contributed by atoms with Gasteiger partial charge < -0.3 is 11.1 Å². The summed E-state index contributed by atoms with van der Waals surface area (Å²) >= 11 is 0. The molecule has 2 saturated heterocycles. The van der Waals surface area contributed by atoms with Crippen LogP contribution in [0.25, 0.3) is 0 Å². The molecular formula is C12H23N3O3S. The fraction of sp³-hybridized carbons (Fsp3) is 0.917. The Morgan fingerprint density at radius 2 is 1.95 bits per heavy atom. The van der Waals surface area contributed by atoms with Gasteiger partial charge in [0, 0.05) is 25.7 Å². The molecule has 2 aliphatic rings. The van der Waals surface area contributed by atoms with Crippen LogP contribution in [0, 0.1) is 0 Å². The van der Waals surface area contributed by atoms with Crippen LogP contribution in [0.1, 0.15) is 25.7 Å². The minimum atomic E-state index is -2.97. The number of likely N-dealkylation sites (tertiary alicyclic amines) is 1. The molecule has 2 fully saturated rings. The van der Waals surface area contributed by atoms with E-state index in [0.717, 1.165) is 25.9 Å². The standard InChI is InChI=1S/C12H23N3O3S/c13-10-3-5-15(6-4-10)9-12(16)14-8-11-2-1-7-19(11,17)18/h10-11H,1-9,13H2,(H,14,16). The van der Waals surface area contributed by atoms with Crippen LogP contribution in [0.15, 0.2) is 0 Å². The lowest BCUT2D eigenvalue weighted by Crippen LogP contribution is -2.45. The molecule has 1 unspecified atom stereocenters. The van der Waals surface area contributed by atoms with E-state index in [1.165, 1.54) is 0 Å². The molecule has 0 aromatic carbocycles. The molecule has 0 bridgehead atoms. The van der Waals surface area contributed by atoms with Crippen molar-refractivity contribution in [2.45, 2.75) is 37.0 Å². The van der Waals surface area contributed by atoms with E-state index in [4.69, 9.17) is 5.73 Å². The molecule has 1 atom stereocenters. The SMILES string of the molecule is NC1CCN(CC(=O)NCC2CCCS2(=O)=O)CC1. The van der Waals surface area contributed by atoms with E-state index in [9.17, 15) is 13.2 Å². The Labute approximate surface area is 114 Å². The number of carbonyl (C=O) groups is 1. The number of nitrogens with two attached hydrogens (primary N) is 1. The van der Waals surface area contributed by atoms with E-state index in [1.54, 1.807) is 0 Å². The van der Waals surface area contributed by atoms with Crippen LogP contribution in [0.5, 0.6) is 0 Å². The van der Waals surface area contributed by atoms with Crippen molar-refractivity contribution in [2.75, 3.05) is 31.9 Å². The van der Waals surface area contributed by atoms with E-state index < -0.39 is 9.84 Å². The minimum Gasteiger partial charge on any atom is -0.354 e. The summed E-state index contributed by atoms with van der Waals surface area (Å²) in [5.74, 6) is 0.176. The molecule has 0 aromatic heterocycles. The molecule has 0 radical (unpaired) electrons. The summed E-state index contributed by atoms with van der Waals surface area (Å²) in [7, 11) is -2.97. The maximum atomic E-state index is 11.8. The van der Waals surface area contributed by atoms with Crippen LogP contribution in [-0.4, -0.2) is 62.4 Å². The van der Waals surface area contributed by atoms with Gasteiger partial charge in [0.15, 0.2) is 9.84 Å². The van der Waals surface area contributed by atoms with Gasteiger partial charge in [-0.25, -0.2) is 8.42 Å². The fourth-order valence-corrected chi connectivity index (χ4v) is 4.45. The lowest BCUT2D eigenvalue weighted by atomic mass is 10.1. The van der Waals surface area contributed by atoms with Gasteiger partial charge >= 0.3 is 0 Å². The lowest BCUT2D eigenvalue weighted by molar-refractivity contribution is -0.122. The Morgan fingerprint density at radius 3 is 2.53 bits per heavy atom. The van der Waals surface area contributed by atoms with Crippen LogP contribution < -0.4 is 11.1 Å². The zero-order valence-electron chi connectivity index (χ0n) is 11.2. The minimum absolute atomic E-state index is 0.0856. The normalized spacial score (nSPS) is 28.4. The number of hydrogen-bond acceptors (Lipinski definition) is 5. The maximum Gasteiger partial charge on any atom is 0.234 e. The van der Waals surface area contributed by atoms with Crippen molar-refractivity contribution in [3.63, 3.8) is 0 Å². The number of sulfone groups is 1. The van der Waals surface area contributed by atoms with Gasteiger partial charge in [0.2, 0.25) is 5.91 Å². The van der Waals surface area contributed by atoms with Crippen molar-refractivity contribution < 1.29 is 13.2 Å². The second-order valence-electron chi connectivity index (χ2n) is 5.55. The Kier molecular flexibility index (Phi) is 4.81. The van der Waals surface area contributed by atoms with Gasteiger partial charge in [-0.15, -0.1) is 0 Å². The van der Waals surface area contributed by atoms with Crippen molar-refractivity contribution in [3.8, 4) is 0 Å². The first-order valence-corrected chi connectivity index (χ1v) is 8.65. The smallest absolute Gasteiger partial charge is 0.234 e. The van der Waals surface area contributed by atoms with Gasteiger partial charge in [0.05, 0.1) is 17.5 Å². The van der Waals surface area contributed by atoms with Gasteiger partial charge in [-0.2, -0.15) is 0 Å². The van der Waals surface area contributed by atoms with Gasteiger partial charge in [0.1, 0.15) is 0 Å².